The SMILES string of the molecule is CNCC1CC(OC(C)C(=O)N2CCCC2)C1. The van der Waals surface area contributed by atoms with Crippen molar-refractivity contribution in [3.63, 3.8) is 0 Å². The molecule has 1 N–H and O–H groups in total. The maximum Gasteiger partial charge on any atom is 0.251 e. The Bertz CT molecular complexity index is 258. The second kappa shape index (κ2) is 5.83. The van der Waals surface area contributed by atoms with Gasteiger partial charge in [0.25, 0.3) is 5.91 Å². The number of amides is 1. The molecule has 1 aliphatic carbocycles. The highest BCUT2D eigenvalue weighted by Crippen LogP contribution is 2.30. The van der Waals surface area contributed by atoms with E-state index in [0.717, 1.165) is 51.2 Å². The number of rotatable bonds is 5. The van der Waals surface area contributed by atoms with Gasteiger partial charge < -0.3 is 15.0 Å². The molecule has 0 aromatic rings. The van der Waals surface area contributed by atoms with Gasteiger partial charge in [0.1, 0.15) is 6.10 Å². The molecule has 1 saturated carbocycles. The van der Waals surface area contributed by atoms with Crippen molar-refractivity contribution in [3.05, 3.63) is 0 Å². The summed E-state index contributed by atoms with van der Waals surface area (Å²) in [4.78, 5) is 14.0. The monoisotopic (exact) mass is 240 g/mol. The molecule has 4 nitrogen and oxygen atoms in total. The fourth-order valence-electron chi connectivity index (χ4n) is 2.78. The summed E-state index contributed by atoms with van der Waals surface area (Å²) in [5.41, 5.74) is 0. The Morgan fingerprint density at radius 2 is 2.06 bits per heavy atom. The Hall–Kier alpha value is -0.610. The van der Waals surface area contributed by atoms with Crippen molar-refractivity contribution in [2.24, 2.45) is 5.92 Å². The second-order valence-corrected chi connectivity index (χ2v) is 5.33. The van der Waals surface area contributed by atoms with Crippen LogP contribution in [0.2, 0.25) is 0 Å². The lowest BCUT2D eigenvalue weighted by Crippen LogP contribution is -2.43. The van der Waals surface area contributed by atoms with Crippen LogP contribution in [0.4, 0.5) is 0 Å². The molecule has 0 radical (unpaired) electrons. The van der Waals surface area contributed by atoms with Gasteiger partial charge in [-0.25, -0.2) is 0 Å². The lowest BCUT2D eigenvalue weighted by atomic mass is 9.82. The standard InChI is InChI=1S/C13H24N2O2/c1-10(13(16)15-5-3-4-6-15)17-12-7-11(8-12)9-14-2/h10-12,14H,3-9H2,1-2H3. The average Bonchev–Trinajstić information content (AvgIpc) is 2.78. The Kier molecular flexibility index (Phi) is 4.40. The lowest BCUT2D eigenvalue weighted by molar-refractivity contribution is -0.150. The molecule has 0 aromatic heterocycles. The molecule has 4 heteroatoms. The first-order chi connectivity index (χ1) is 8.20. The summed E-state index contributed by atoms with van der Waals surface area (Å²) in [5, 5.41) is 3.18. The van der Waals surface area contributed by atoms with Crippen molar-refractivity contribution in [2.45, 2.75) is 44.8 Å². The van der Waals surface area contributed by atoms with Crippen LogP contribution < -0.4 is 5.32 Å². The predicted molar refractivity (Wildman–Crippen MR) is 66.8 cm³/mol. The number of nitrogens with one attached hydrogen (secondary N) is 1. The number of nitrogens with zero attached hydrogens (tertiary/aromatic N) is 1. The van der Waals surface area contributed by atoms with E-state index in [2.05, 4.69) is 5.32 Å². The van der Waals surface area contributed by atoms with Gasteiger partial charge in [0.05, 0.1) is 6.10 Å². The van der Waals surface area contributed by atoms with E-state index in [1.807, 2.05) is 18.9 Å². The quantitative estimate of drug-likeness (QED) is 0.780. The molecule has 2 fully saturated rings. The molecule has 0 bridgehead atoms. The summed E-state index contributed by atoms with van der Waals surface area (Å²) in [5.74, 6) is 0.915. The van der Waals surface area contributed by atoms with Crippen molar-refractivity contribution < 1.29 is 9.53 Å². The molecule has 1 amide bonds. The van der Waals surface area contributed by atoms with E-state index >= 15 is 0 Å². The number of ether oxygens (including phenoxy) is 1. The molecule has 1 saturated heterocycles. The summed E-state index contributed by atoms with van der Waals surface area (Å²) in [6.45, 7) is 4.79. The zero-order valence-corrected chi connectivity index (χ0v) is 10.9. The summed E-state index contributed by atoms with van der Waals surface area (Å²) >= 11 is 0. The molecule has 0 aromatic carbocycles. The van der Waals surface area contributed by atoms with Gasteiger partial charge in [-0.05, 0) is 52.1 Å². The summed E-state index contributed by atoms with van der Waals surface area (Å²) in [6.07, 6.45) is 4.53. The van der Waals surface area contributed by atoms with Crippen molar-refractivity contribution in [3.8, 4) is 0 Å². The number of carbonyl (C=O) groups is 1. The molecular weight excluding hydrogens is 216 g/mol. The third-order valence-electron chi connectivity index (χ3n) is 3.85. The summed E-state index contributed by atoms with van der Waals surface area (Å²) in [6, 6.07) is 0. The number of hydrogen-bond donors (Lipinski definition) is 1. The maximum atomic E-state index is 12.0. The zero-order chi connectivity index (χ0) is 12.3. The van der Waals surface area contributed by atoms with Crippen molar-refractivity contribution in [1.29, 1.82) is 0 Å². The Morgan fingerprint density at radius 3 is 2.65 bits per heavy atom. The van der Waals surface area contributed by atoms with E-state index < -0.39 is 0 Å². The van der Waals surface area contributed by atoms with Crippen molar-refractivity contribution in [2.75, 3.05) is 26.7 Å². The second-order valence-electron chi connectivity index (χ2n) is 5.33. The summed E-state index contributed by atoms with van der Waals surface area (Å²) in [7, 11) is 1.98. The number of carbonyl (C=O) groups excluding carboxylic acids is 1. The van der Waals surface area contributed by atoms with Gasteiger partial charge in [-0.1, -0.05) is 0 Å². The minimum Gasteiger partial charge on any atom is -0.365 e. The summed E-state index contributed by atoms with van der Waals surface area (Å²) < 4.78 is 5.82. The van der Waals surface area contributed by atoms with Crippen LogP contribution in [-0.4, -0.2) is 49.7 Å². The molecular formula is C13H24N2O2. The highest BCUT2D eigenvalue weighted by molar-refractivity contribution is 5.80. The zero-order valence-electron chi connectivity index (χ0n) is 10.9. The molecule has 1 aliphatic heterocycles. The van der Waals surface area contributed by atoms with Crippen LogP contribution in [0.15, 0.2) is 0 Å². The van der Waals surface area contributed by atoms with Gasteiger partial charge in [0.15, 0.2) is 0 Å². The molecule has 2 aliphatic rings. The average molecular weight is 240 g/mol. The largest absolute Gasteiger partial charge is 0.365 e. The number of hydrogen-bond acceptors (Lipinski definition) is 3. The maximum absolute atomic E-state index is 12.0. The lowest BCUT2D eigenvalue weighted by Gasteiger charge is -2.37. The first kappa shape index (κ1) is 12.8. The smallest absolute Gasteiger partial charge is 0.251 e. The minimum absolute atomic E-state index is 0.180. The van der Waals surface area contributed by atoms with Gasteiger partial charge >= 0.3 is 0 Å². The Morgan fingerprint density at radius 1 is 1.41 bits per heavy atom. The van der Waals surface area contributed by atoms with E-state index in [0.29, 0.717) is 6.10 Å². The van der Waals surface area contributed by atoms with Crippen LogP contribution in [0.25, 0.3) is 0 Å². The third kappa shape index (κ3) is 3.19. The van der Waals surface area contributed by atoms with E-state index in [4.69, 9.17) is 4.74 Å². The van der Waals surface area contributed by atoms with Crippen molar-refractivity contribution >= 4 is 5.91 Å². The highest BCUT2D eigenvalue weighted by atomic mass is 16.5. The van der Waals surface area contributed by atoms with Crippen molar-refractivity contribution in [1.82, 2.24) is 10.2 Å². The van der Waals surface area contributed by atoms with Crippen LogP contribution in [0.3, 0.4) is 0 Å². The Labute approximate surface area is 104 Å². The van der Waals surface area contributed by atoms with Gasteiger partial charge in [-0.2, -0.15) is 0 Å². The topological polar surface area (TPSA) is 41.6 Å². The predicted octanol–water partition coefficient (Wildman–Crippen LogP) is 1.01. The van der Waals surface area contributed by atoms with Gasteiger partial charge in [0, 0.05) is 13.1 Å². The van der Waals surface area contributed by atoms with E-state index in [9.17, 15) is 4.79 Å². The van der Waals surface area contributed by atoms with Crippen LogP contribution in [-0.2, 0) is 9.53 Å². The normalized spacial score (nSPS) is 30.1. The Balaban J connectivity index is 1.67. The molecule has 0 spiro atoms. The van der Waals surface area contributed by atoms with E-state index in [1.54, 1.807) is 0 Å². The molecule has 1 atom stereocenters. The molecule has 1 unspecified atom stereocenters. The van der Waals surface area contributed by atoms with Crippen LogP contribution in [0.5, 0.6) is 0 Å². The fraction of sp³-hybridized carbons (Fsp3) is 0.923. The first-order valence-electron chi connectivity index (χ1n) is 6.79. The molecule has 17 heavy (non-hydrogen) atoms. The van der Waals surface area contributed by atoms with Gasteiger partial charge in [0.2, 0.25) is 0 Å². The van der Waals surface area contributed by atoms with Crippen LogP contribution >= 0.6 is 0 Å². The minimum atomic E-state index is -0.256. The fourth-order valence-corrected chi connectivity index (χ4v) is 2.78. The van der Waals surface area contributed by atoms with Gasteiger partial charge in [-0.3, -0.25) is 4.79 Å². The van der Waals surface area contributed by atoms with Crippen LogP contribution in [0.1, 0.15) is 32.6 Å². The molecule has 2 rings (SSSR count). The molecule has 1 heterocycles. The highest BCUT2D eigenvalue weighted by Gasteiger charge is 2.33. The van der Waals surface area contributed by atoms with Gasteiger partial charge in [-0.15, -0.1) is 0 Å². The van der Waals surface area contributed by atoms with Crippen LogP contribution in [0, 0.1) is 5.92 Å². The number of likely N-dealkylation sites (tertiary alicyclic amines) is 1. The molecule has 98 valence electrons. The first-order valence-corrected chi connectivity index (χ1v) is 6.79. The van der Waals surface area contributed by atoms with E-state index in [-0.39, 0.29) is 12.0 Å². The van der Waals surface area contributed by atoms with E-state index in [1.165, 1.54) is 0 Å². The third-order valence-corrected chi connectivity index (χ3v) is 3.85.